The molecule has 1 atom stereocenters. The van der Waals surface area contributed by atoms with Crippen LogP contribution in [0.4, 0.5) is 0 Å². The smallest absolute Gasteiger partial charge is 0.160 e. The molecular formula is C15H18ClNO3S. The van der Waals surface area contributed by atoms with E-state index in [-0.39, 0.29) is 21.5 Å². The van der Waals surface area contributed by atoms with Crippen LogP contribution in [-0.2, 0) is 10.8 Å². The van der Waals surface area contributed by atoms with Crippen LogP contribution < -0.4 is 0 Å². The monoisotopic (exact) mass is 327 g/mol. The van der Waals surface area contributed by atoms with Crippen LogP contribution in [0.25, 0.3) is 10.9 Å². The number of aromatic nitrogens is 1. The molecule has 1 aromatic carbocycles. The van der Waals surface area contributed by atoms with Crippen LogP contribution in [0.5, 0.6) is 5.75 Å². The molecule has 6 heteroatoms. The maximum atomic E-state index is 12.8. The van der Waals surface area contributed by atoms with Gasteiger partial charge in [0.15, 0.2) is 5.75 Å². The second-order valence-electron chi connectivity index (χ2n) is 5.16. The number of fused-ring (bicyclic) bond motifs is 1. The molecule has 0 saturated heterocycles. The molecule has 3 rings (SSSR count). The van der Waals surface area contributed by atoms with E-state index in [4.69, 9.17) is 11.6 Å². The van der Waals surface area contributed by atoms with Gasteiger partial charge in [-0.2, -0.15) is 0 Å². The molecule has 0 aliphatic heterocycles. The lowest BCUT2D eigenvalue weighted by molar-refractivity contribution is 0.480. The first-order valence-electron chi connectivity index (χ1n) is 6.85. The summed E-state index contributed by atoms with van der Waals surface area (Å²) in [5, 5.41) is 11.1. The van der Waals surface area contributed by atoms with Crippen molar-refractivity contribution in [3.05, 3.63) is 29.4 Å². The molecule has 1 aliphatic carbocycles. The minimum Gasteiger partial charge on any atom is -0.504 e. The standard InChI is InChI=1S/C15H16ClNO2S.H2O/c16-12-9-13(20(19)10-5-2-1-3-6-10)11-7-4-8-17-14(11)15(12)18;/h4,7-10,18H,1-3,5-6H2;1H2. The number of hydrogen-bond acceptors (Lipinski definition) is 3. The fourth-order valence-corrected chi connectivity index (χ4v) is 4.79. The van der Waals surface area contributed by atoms with E-state index in [9.17, 15) is 9.32 Å². The highest BCUT2D eigenvalue weighted by Crippen LogP contribution is 2.37. The zero-order chi connectivity index (χ0) is 14.1. The fraction of sp³-hybridized carbons (Fsp3) is 0.400. The lowest BCUT2D eigenvalue weighted by Gasteiger charge is -2.21. The van der Waals surface area contributed by atoms with E-state index >= 15 is 0 Å². The Bertz CT molecular complexity index is 671. The first-order valence-corrected chi connectivity index (χ1v) is 8.44. The van der Waals surface area contributed by atoms with Crippen LogP contribution in [0.3, 0.4) is 0 Å². The first-order chi connectivity index (χ1) is 9.68. The van der Waals surface area contributed by atoms with Gasteiger partial charge in [0.25, 0.3) is 0 Å². The van der Waals surface area contributed by atoms with Crippen molar-refractivity contribution in [2.75, 3.05) is 0 Å². The molecule has 3 N–H and O–H groups in total. The highest BCUT2D eigenvalue weighted by molar-refractivity contribution is 7.86. The van der Waals surface area contributed by atoms with Gasteiger partial charge in [0.05, 0.1) is 20.7 Å². The van der Waals surface area contributed by atoms with Gasteiger partial charge in [-0.3, -0.25) is 9.19 Å². The average Bonchev–Trinajstić information content (AvgIpc) is 2.51. The normalized spacial score (nSPS) is 17.4. The number of rotatable bonds is 2. The summed E-state index contributed by atoms with van der Waals surface area (Å²) in [5.41, 5.74) is 0.430. The molecule has 1 saturated carbocycles. The maximum Gasteiger partial charge on any atom is 0.160 e. The number of pyridine rings is 1. The van der Waals surface area contributed by atoms with Crippen molar-refractivity contribution in [3.8, 4) is 5.75 Å². The van der Waals surface area contributed by atoms with Gasteiger partial charge in [0, 0.05) is 16.8 Å². The van der Waals surface area contributed by atoms with Gasteiger partial charge in [0.1, 0.15) is 5.52 Å². The molecule has 1 unspecified atom stereocenters. The summed E-state index contributed by atoms with van der Waals surface area (Å²) < 4.78 is 12.8. The molecule has 0 spiro atoms. The molecule has 21 heavy (non-hydrogen) atoms. The molecule has 0 radical (unpaired) electrons. The molecule has 0 amide bonds. The van der Waals surface area contributed by atoms with E-state index in [0.717, 1.165) is 31.1 Å². The first kappa shape index (κ1) is 16.2. The maximum absolute atomic E-state index is 12.8. The molecule has 0 bridgehead atoms. The van der Waals surface area contributed by atoms with Crippen LogP contribution in [-0.4, -0.2) is 25.0 Å². The van der Waals surface area contributed by atoms with E-state index in [0.29, 0.717) is 10.4 Å². The van der Waals surface area contributed by atoms with Gasteiger partial charge >= 0.3 is 0 Å². The number of phenols is 1. The minimum atomic E-state index is -1.10. The van der Waals surface area contributed by atoms with Crippen LogP contribution >= 0.6 is 11.6 Å². The fourth-order valence-electron chi connectivity index (χ4n) is 2.79. The van der Waals surface area contributed by atoms with Gasteiger partial charge in [-0.05, 0) is 31.0 Å². The molecule has 114 valence electrons. The Hall–Kier alpha value is -1.17. The van der Waals surface area contributed by atoms with Crippen LogP contribution in [0.2, 0.25) is 5.02 Å². The summed E-state index contributed by atoms with van der Waals surface area (Å²) in [6.45, 7) is 0. The number of halogens is 1. The Morgan fingerprint density at radius 2 is 2.00 bits per heavy atom. The lowest BCUT2D eigenvalue weighted by atomic mass is 10.0. The summed E-state index contributed by atoms with van der Waals surface area (Å²) in [6, 6.07) is 5.26. The van der Waals surface area contributed by atoms with E-state index in [1.165, 1.54) is 6.42 Å². The van der Waals surface area contributed by atoms with Crippen molar-refractivity contribution in [3.63, 3.8) is 0 Å². The molecule has 1 aromatic heterocycles. The SMILES string of the molecule is O.O=S(c1cc(Cl)c(O)c2ncccc12)C1CCCCC1. The topological polar surface area (TPSA) is 81.7 Å². The van der Waals surface area contributed by atoms with Gasteiger partial charge in [0.2, 0.25) is 0 Å². The zero-order valence-corrected chi connectivity index (χ0v) is 13.1. The summed E-state index contributed by atoms with van der Waals surface area (Å²) in [5.74, 6) is -0.0355. The summed E-state index contributed by atoms with van der Waals surface area (Å²) in [7, 11) is -1.10. The second-order valence-corrected chi connectivity index (χ2v) is 7.27. The van der Waals surface area contributed by atoms with E-state index in [1.54, 1.807) is 18.3 Å². The van der Waals surface area contributed by atoms with E-state index in [2.05, 4.69) is 4.98 Å². The predicted octanol–water partition coefficient (Wildman–Crippen LogP) is 3.21. The van der Waals surface area contributed by atoms with Crippen LogP contribution in [0, 0.1) is 0 Å². The van der Waals surface area contributed by atoms with E-state index in [1.807, 2.05) is 6.07 Å². The Kier molecular flexibility index (Phi) is 5.19. The highest BCUT2D eigenvalue weighted by Gasteiger charge is 2.24. The Morgan fingerprint density at radius 3 is 2.71 bits per heavy atom. The number of benzene rings is 1. The predicted molar refractivity (Wildman–Crippen MR) is 85.3 cm³/mol. The largest absolute Gasteiger partial charge is 0.504 e. The number of aromatic hydroxyl groups is 1. The van der Waals surface area contributed by atoms with E-state index < -0.39 is 10.8 Å². The molecular weight excluding hydrogens is 310 g/mol. The number of nitrogens with zero attached hydrogens (tertiary/aromatic N) is 1. The quantitative estimate of drug-likeness (QED) is 0.919. The average molecular weight is 328 g/mol. The third-order valence-electron chi connectivity index (χ3n) is 3.85. The van der Waals surface area contributed by atoms with Crippen molar-refractivity contribution in [2.45, 2.75) is 42.2 Å². The molecule has 1 fully saturated rings. The van der Waals surface area contributed by atoms with Crippen molar-refractivity contribution < 1.29 is 14.8 Å². The summed E-state index contributed by atoms with van der Waals surface area (Å²) in [4.78, 5) is 4.86. The Morgan fingerprint density at radius 1 is 1.29 bits per heavy atom. The highest BCUT2D eigenvalue weighted by atomic mass is 35.5. The minimum absolute atomic E-state index is 0. The summed E-state index contributed by atoms with van der Waals surface area (Å²) in [6.07, 6.45) is 7.09. The Balaban J connectivity index is 0.00000161. The zero-order valence-electron chi connectivity index (χ0n) is 11.5. The third kappa shape index (κ3) is 3.05. The van der Waals surface area contributed by atoms with Gasteiger partial charge < -0.3 is 10.6 Å². The van der Waals surface area contributed by atoms with Gasteiger partial charge in [-0.1, -0.05) is 30.9 Å². The molecule has 4 nitrogen and oxygen atoms in total. The molecule has 1 heterocycles. The molecule has 1 aliphatic rings. The molecule has 2 aromatic rings. The number of phenolic OH excluding ortho intramolecular Hbond substituents is 1. The third-order valence-corrected chi connectivity index (χ3v) is 5.99. The van der Waals surface area contributed by atoms with Crippen molar-refractivity contribution in [1.82, 2.24) is 4.98 Å². The van der Waals surface area contributed by atoms with Crippen molar-refractivity contribution in [2.24, 2.45) is 0 Å². The second kappa shape index (κ2) is 6.73. The van der Waals surface area contributed by atoms with Crippen LogP contribution in [0.15, 0.2) is 29.3 Å². The number of hydrogen-bond donors (Lipinski definition) is 1. The van der Waals surface area contributed by atoms with Gasteiger partial charge in [-0.25, -0.2) is 0 Å². The van der Waals surface area contributed by atoms with Gasteiger partial charge in [-0.15, -0.1) is 0 Å². The lowest BCUT2D eigenvalue weighted by Crippen LogP contribution is -2.19. The van der Waals surface area contributed by atoms with Crippen LogP contribution in [0.1, 0.15) is 32.1 Å². The van der Waals surface area contributed by atoms with Crippen molar-refractivity contribution in [1.29, 1.82) is 0 Å². The van der Waals surface area contributed by atoms with Crippen molar-refractivity contribution >= 4 is 33.3 Å². The Labute approximate surface area is 130 Å². The summed E-state index contributed by atoms with van der Waals surface area (Å²) >= 11 is 6.05.